The second-order valence-corrected chi connectivity index (χ2v) is 10.9. The number of fused-ring (bicyclic) bond motifs is 1. The number of piperidine rings is 1. The largest absolute Gasteiger partial charge is 0.355 e. The van der Waals surface area contributed by atoms with Crippen LogP contribution in [0.25, 0.3) is 10.9 Å². The molecule has 1 aromatic heterocycles. The number of nitrogens with zero attached hydrogens (tertiary/aromatic N) is 8. The molecule has 2 saturated heterocycles. The fourth-order valence-electron chi connectivity index (χ4n) is 5.68. The van der Waals surface area contributed by atoms with Crippen molar-refractivity contribution in [3.63, 3.8) is 0 Å². The summed E-state index contributed by atoms with van der Waals surface area (Å²) in [6.45, 7) is 3.98. The van der Waals surface area contributed by atoms with Crippen molar-refractivity contribution in [3.8, 4) is 0 Å². The number of halogens is 1. The van der Waals surface area contributed by atoms with E-state index in [0.29, 0.717) is 44.6 Å². The van der Waals surface area contributed by atoms with Gasteiger partial charge in [-0.2, -0.15) is 0 Å². The van der Waals surface area contributed by atoms with E-state index in [-0.39, 0.29) is 35.2 Å². The smallest absolute Gasteiger partial charge is 0.254 e. The number of aromatic nitrogens is 1. The molecule has 44 heavy (non-hydrogen) atoms. The topological polar surface area (TPSA) is 251 Å². The molecule has 2 fully saturated rings. The molecule has 0 saturated carbocycles. The quantitative estimate of drug-likeness (QED) is 0.0887. The van der Waals surface area contributed by atoms with Gasteiger partial charge in [-0.15, -0.1) is 10.2 Å². The normalized spacial score (nSPS) is 22.2. The third-order valence-electron chi connectivity index (χ3n) is 7.80. The summed E-state index contributed by atoms with van der Waals surface area (Å²) in [5, 5.41) is 27.6. The van der Waals surface area contributed by atoms with Crippen molar-refractivity contribution in [1.82, 2.24) is 35.7 Å². The van der Waals surface area contributed by atoms with Gasteiger partial charge in [0.1, 0.15) is 12.8 Å². The molecular formula is C25H34ClN15O3. The summed E-state index contributed by atoms with van der Waals surface area (Å²) in [5.74, 6) is 15.6. The van der Waals surface area contributed by atoms with Gasteiger partial charge in [-0.3, -0.25) is 25.5 Å². The SMILES string of the molecule is CCNC(=O)Cn1ccc2c(C(=O)N3CCC4(CC3)CN(N)C(NC(=O)C3NC(Cl)=C(N=NN)N=C3N=NN)N4)cccc21. The molecule has 1 aromatic carbocycles. The summed E-state index contributed by atoms with van der Waals surface area (Å²) < 4.78 is 1.83. The van der Waals surface area contributed by atoms with Gasteiger partial charge in [0.05, 0.1) is 0 Å². The van der Waals surface area contributed by atoms with Crippen LogP contribution in [0, 0.1) is 0 Å². The van der Waals surface area contributed by atoms with E-state index in [1.54, 1.807) is 6.07 Å². The van der Waals surface area contributed by atoms with E-state index < -0.39 is 23.8 Å². The molecule has 0 radical (unpaired) electrons. The predicted octanol–water partition coefficient (Wildman–Crippen LogP) is -0.682. The maximum atomic E-state index is 13.6. The Bertz CT molecular complexity index is 1560. The second kappa shape index (κ2) is 12.9. The lowest BCUT2D eigenvalue weighted by Gasteiger charge is -2.39. The molecule has 1 spiro atoms. The fraction of sp³-hybridized carbons (Fsp3) is 0.440. The van der Waals surface area contributed by atoms with E-state index in [1.807, 2.05) is 40.8 Å². The minimum Gasteiger partial charge on any atom is -0.355 e. The molecule has 3 amide bonds. The summed E-state index contributed by atoms with van der Waals surface area (Å²) in [6, 6.07) is 6.25. The van der Waals surface area contributed by atoms with Crippen LogP contribution in [0.2, 0.25) is 0 Å². The number of carbonyl (C=O) groups is 3. The molecule has 4 heterocycles. The Labute approximate surface area is 256 Å². The van der Waals surface area contributed by atoms with Crippen LogP contribution in [0.1, 0.15) is 30.1 Å². The highest BCUT2D eigenvalue weighted by atomic mass is 35.5. The Morgan fingerprint density at radius 1 is 1.16 bits per heavy atom. The van der Waals surface area contributed by atoms with Gasteiger partial charge in [0.2, 0.25) is 11.7 Å². The lowest BCUT2D eigenvalue weighted by molar-refractivity contribution is -0.123. The highest BCUT2D eigenvalue weighted by Gasteiger charge is 2.46. The van der Waals surface area contributed by atoms with Crippen LogP contribution in [0.3, 0.4) is 0 Å². The molecular weight excluding hydrogens is 594 g/mol. The fourth-order valence-corrected chi connectivity index (χ4v) is 5.87. The Balaban J connectivity index is 1.22. The minimum absolute atomic E-state index is 0.0675. The van der Waals surface area contributed by atoms with Gasteiger partial charge in [0, 0.05) is 54.4 Å². The number of hydrogen-bond acceptors (Lipinski definition) is 12. The van der Waals surface area contributed by atoms with Crippen LogP contribution in [0.5, 0.6) is 0 Å². The van der Waals surface area contributed by atoms with E-state index in [2.05, 4.69) is 46.9 Å². The highest BCUT2D eigenvalue weighted by molar-refractivity contribution is 6.30. The zero-order valence-electron chi connectivity index (χ0n) is 23.9. The number of likely N-dealkylation sites (N-methyl/N-ethyl adjacent to an activating group) is 1. The molecule has 3 aliphatic heterocycles. The number of hydrogen-bond donors (Lipinski definition) is 7. The molecule has 0 aliphatic carbocycles. The van der Waals surface area contributed by atoms with E-state index in [0.717, 1.165) is 10.9 Å². The number of nitrogens with one attached hydrogen (secondary N) is 4. The van der Waals surface area contributed by atoms with E-state index in [9.17, 15) is 14.4 Å². The lowest BCUT2D eigenvalue weighted by Crippen LogP contribution is -2.60. The van der Waals surface area contributed by atoms with Crippen molar-refractivity contribution in [2.75, 3.05) is 26.2 Å². The first kappa shape index (κ1) is 30.8. The van der Waals surface area contributed by atoms with Crippen molar-refractivity contribution < 1.29 is 14.4 Å². The molecule has 10 N–H and O–H groups in total. The predicted molar refractivity (Wildman–Crippen MR) is 160 cm³/mol. The van der Waals surface area contributed by atoms with Crippen molar-refractivity contribution in [1.29, 1.82) is 0 Å². The van der Waals surface area contributed by atoms with E-state index in [1.165, 1.54) is 5.01 Å². The van der Waals surface area contributed by atoms with Crippen molar-refractivity contribution >= 4 is 46.1 Å². The number of amides is 3. The van der Waals surface area contributed by atoms with Crippen LogP contribution < -0.4 is 38.8 Å². The number of rotatable bonds is 7. The minimum atomic E-state index is -1.14. The van der Waals surface area contributed by atoms with Crippen LogP contribution in [0.15, 0.2) is 67.1 Å². The molecule has 2 aromatic rings. The van der Waals surface area contributed by atoms with E-state index >= 15 is 0 Å². The molecule has 0 bridgehead atoms. The van der Waals surface area contributed by atoms with Crippen molar-refractivity contribution in [2.45, 2.75) is 44.2 Å². The number of likely N-dealkylation sites (tertiary alicyclic amines) is 1. The highest BCUT2D eigenvalue weighted by Crippen LogP contribution is 2.30. The van der Waals surface area contributed by atoms with Crippen LogP contribution >= 0.6 is 11.6 Å². The molecule has 3 aliphatic rings. The number of benzene rings is 1. The summed E-state index contributed by atoms with van der Waals surface area (Å²) in [6.07, 6.45) is 2.30. The maximum absolute atomic E-state index is 13.6. The first-order valence-corrected chi connectivity index (χ1v) is 14.3. The van der Waals surface area contributed by atoms with Crippen molar-refractivity contribution in [2.24, 2.45) is 43.2 Å². The Hall–Kier alpha value is -4.65. The number of carbonyl (C=O) groups excluding carboxylic acids is 3. The van der Waals surface area contributed by atoms with E-state index in [4.69, 9.17) is 29.1 Å². The summed E-state index contributed by atoms with van der Waals surface area (Å²) in [5.41, 5.74) is 0.954. The Morgan fingerprint density at radius 2 is 1.91 bits per heavy atom. The molecule has 2 unspecified atom stereocenters. The average molecular weight is 628 g/mol. The first-order valence-electron chi connectivity index (χ1n) is 13.9. The Morgan fingerprint density at radius 3 is 2.61 bits per heavy atom. The van der Waals surface area contributed by atoms with Crippen LogP contribution in [-0.2, 0) is 16.1 Å². The molecule has 19 heteroatoms. The summed E-state index contributed by atoms with van der Waals surface area (Å²) in [7, 11) is 0. The third kappa shape index (κ3) is 6.18. The van der Waals surface area contributed by atoms with Gasteiger partial charge in [-0.05, 0) is 38.0 Å². The first-order chi connectivity index (χ1) is 21.2. The molecule has 5 rings (SSSR count). The van der Waals surface area contributed by atoms with Crippen molar-refractivity contribution in [3.05, 3.63) is 47.0 Å². The zero-order valence-corrected chi connectivity index (χ0v) is 24.7. The third-order valence-corrected chi connectivity index (χ3v) is 8.08. The lowest BCUT2D eigenvalue weighted by atomic mass is 9.88. The van der Waals surface area contributed by atoms with Gasteiger partial charge in [0.25, 0.3) is 11.8 Å². The van der Waals surface area contributed by atoms with Gasteiger partial charge in [-0.25, -0.2) is 10.0 Å². The molecule has 234 valence electrons. The summed E-state index contributed by atoms with van der Waals surface area (Å²) >= 11 is 6.14. The van der Waals surface area contributed by atoms with Gasteiger partial charge >= 0.3 is 0 Å². The second-order valence-electron chi connectivity index (χ2n) is 10.6. The zero-order chi connectivity index (χ0) is 31.4. The maximum Gasteiger partial charge on any atom is 0.254 e. The number of hydrazine groups is 1. The Kier molecular flexibility index (Phi) is 9.04. The van der Waals surface area contributed by atoms with Gasteiger partial charge in [-0.1, -0.05) is 28.1 Å². The van der Waals surface area contributed by atoms with Gasteiger partial charge in [0.15, 0.2) is 17.0 Å². The number of aliphatic imine (C=N–C) groups is 1. The van der Waals surface area contributed by atoms with Crippen LogP contribution in [0.4, 0.5) is 0 Å². The van der Waals surface area contributed by atoms with Crippen LogP contribution in [-0.4, -0.2) is 82.1 Å². The molecule has 2 atom stereocenters. The molecule has 18 nitrogen and oxygen atoms in total. The number of amidine groups is 1. The standard InChI is InChI=1S/C25H34ClN15O3/c1-2-30-17(42)12-40-9-6-14-15(4-3-5-16(14)40)23(44)39-10-7-25(8-11-39)13-41(29)24(34-25)33-22(43)18-20(35-37-27)32-21(36-38-28)19(26)31-18/h3-6,9,18,24,31,34H,2,7-8,10-13,29H2,1H3,(H2,28,36)(H,30,42)(H,33,43)(H2,27,32,35). The monoisotopic (exact) mass is 627 g/mol. The average Bonchev–Trinajstić information content (AvgIpc) is 3.54. The van der Waals surface area contributed by atoms with Gasteiger partial charge < -0.3 is 37.1 Å². The number of nitrogens with two attached hydrogens (primary N) is 3. The summed E-state index contributed by atoms with van der Waals surface area (Å²) in [4.78, 5) is 44.8.